The lowest BCUT2D eigenvalue weighted by molar-refractivity contribution is 0.430. The fourth-order valence-electron chi connectivity index (χ4n) is 2.51. The van der Waals surface area contributed by atoms with E-state index in [1.54, 1.807) is 55.5 Å². The predicted molar refractivity (Wildman–Crippen MR) is 102 cm³/mol. The summed E-state index contributed by atoms with van der Waals surface area (Å²) in [6.45, 7) is 1.55. The molecule has 1 aromatic heterocycles. The number of para-hydroxylation sites is 2. The van der Waals surface area contributed by atoms with Gasteiger partial charge in [0.2, 0.25) is 5.88 Å². The van der Waals surface area contributed by atoms with E-state index < -0.39 is 17.1 Å². The van der Waals surface area contributed by atoms with E-state index in [-0.39, 0.29) is 11.3 Å². The van der Waals surface area contributed by atoms with Crippen LogP contribution < -0.4 is 17.0 Å². The van der Waals surface area contributed by atoms with Gasteiger partial charge < -0.3 is 10.8 Å². The summed E-state index contributed by atoms with van der Waals surface area (Å²) in [4.78, 5) is 30.9. The Kier molecular flexibility index (Phi) is 4.64. The minimum absolute atomic E-state index is 0.122. The lowest BCUT2D eigenvalue weighted by Crippen LogP contribution is -2.32. The van der Waals surface area contributed by atoms with Crippen LogP contribution >= 0.6 is 11.6 Å². The molecule has 7 nitrogen and oxygen atoms in total. The summed E-state index contributed by atoms with van der Waals surface area (Å²) in [6, 6.07) is 13.1. The Morgan fingerprint density at radius 2 is 1.81 bits per heavy atom. The van der Waals surface area contributed by atoms with Crippen molar-refractivity contribution >= 4 is 28.7 Å². The molecule has 1 heterocycles. The van der Waals surface area contributed by atoms with Crippen molar-refractivity contribution in [2.75, 3.05) is 5.73 Å². The van der Waals surface area contributed by atoms with Crippen molar-refractivity contribution in [3.63, 3.8) is 0 Å². The van der Waals surface area contributed by atoms with E-state index in [1.165, 1.54) is 0 Å². The van der Waals surface area contributed by atoms with Crippen LogP contribution in [0.2, 0.25) is 5.02 Å². The maximum Gasteiger partial charge on any atom is 0.335 e. The zero-order valence-corrected chi connectivity index (χ0v) is 14.5. The third-order valence-corrected chi connectivity index (χ3v) is 4.01. The highest BCUT2D eigenvalue weighted by Gasteiger charge is 2.18. The summed E-state index contributed by atoms with van der Waals surface area (Å²) >= 11 is 5.85. The Labute approximate surface area is 153 Å². The Morgan fingerprint density at radius 3 is 2.46 bits per heavy atom. The number of H-pyrrole nitrogens is 1. The smallest absolute Gasteiger partial charge is 0.335 e. The lowest BCUT2D eigenvalue weighted by atomic mass is 10.2. The van der Waals surface area contributed by atoms with Gasteiger partial charge in [0.1, 0.15) is 5.56 Å². The molecule has 0 bridgehead atoms. The first-order valence-electron chi connectivity index (χ1n) is 7.63. The van der Waals surface area contributed by atoms with Crippen LogP contribution in [0.1, 0.15) is 12.5 Å². The number of anilines is 1. The Bertz CT molecular complexity index is 1110. The van der Waals surface area contributed by atoms with Crippen molar-refractivity contribution in [1.82, 2.24) is 9.55 Å². The molecule has 0 saturated heterocycles. The first kappa shape index (κ1) is 17.5. The van der Waals surface area contributed by atoms with E-state index in [2.05, 4.69) is 9.98 Å². The van der Waals surface area contributed by atoms with E-state index in [1.807, 2.05) is 0 Å². The molecular formula is C18H15ClN4O3. The molecule has 2 aromatic carbocycles. The van der Waals surface area contributed by atoms with Crippen molar-refractivity contribution in [3.8, 4) is 11.6 Å². The first-order chi connectivity index (χ1) is 12.4. The van der Waals surface area contributed by atoms with E-state index in [9.17, 15) is 14.7 Å². The average Bonchev–Trinajstić information content (AvgIpc) is 2.58. The van der Waals surface area contributed by atoms with Gasteiger partial charge in [-0.05, 0) is 43.3 Å². The second-order valence-electron chi connectivity index (χ2n) is 5.53. The van der Waals surface area contributed by atoms with Gasteiger partial charge in [0, 0.05) is 5.02 Å². The summed E-state index contributed by atoms with van der Waals surface area (Å²) < 4.78 is 0.973. The van der Waals surface area contributed by atoms with Crippen LogP contribution in [0.4, 0.5) is 11.4 Å². The molecule has 0 unspecified atom stereocenters. The van der Waals surface area contributed by atoms with Gasteiger partial charge in [-0.15, -0.1) is 0 Å². The molecule has 3 aromatic rings. The van der Waals surface area contributed by atoms with Crippen LogP contribution in [0.5, 0.6) is 5.88 Å². The van der Waals surface area contributed by atoms with Gasteiger partial charge in [-0.2, -0.15) is 0 Å². The highest BCUT2D eigenvalue weighted by Crippen LogP contribution is 2.24. The molecule has 4 N–H and O–H groups in total. The van der Waals surface area contributed by atoms with E-state index in [0.29, 0.717) is 22.1 Å². The molecule has 3 rings (SSSR count). The van der Waals surface area contributed by atoms with Gasteiger partial charge in [0.15, 0.2) is 0 Å². The van der Waals surface area contributed by atoms with Gasteiger partial charge in [-0.1, -0.05) is 23.7 Å². The van der Waals surface area contributed by atoms with Gasteiger partial charge in [-0.3, -0.25) is 14.8 Å². The second kappa shape index (κ2) is 6.89. The number of nitrogens with zero attached hydrogens (tertiary/aromatic N) is 2. The molecule has 0 aliphatic heterocycles. The molecule has 0 aliphatic rings. The average molecular weight is 371 g/mol. The highest BCUT2D eigenvalue weighted by atomic mass is 35.5. The number of nitrogens with one attached hydrogen (secondary N) is 1. The quantitative estimate of drug-likeness (QED) is 0.485. The SMILES string of the molecule is CC(=Nc1ccccc1N)c1c(O)n(-c2ccc(Cl)cc2)c(=O)[nH]c1=O. The normalized spacial score (nSPS) is 11.5. The number of halogens is 1. The van der Waals surface area contributed by atoms with Crippen molar-refractivity contribution in [2.24, 2.45) is 4.99 Å². The summed E-state index contributed by atoms with van der Waals surface area (Å²) in [7, 11) is 0. The second-order valence-corrected chi connectivity index (χ2v) is 5.96. The van der Waals surface area contributed by atoms with Crippen LogP contribution in [0.3, 0.4) is 0 Å². The highest BCUT2D eigenvalue weighted by molar-refractivity contribution is 6.30. The zero-order chi connectivity index (χ0) is 18.8. The topological polar surface area (TPSA) is 113 Å². The van der Waals surface area contributed by atoms with Crippen molar-refractivity contribution in [3.05, 3.63) is 80.0 Å². The molecule has 0 atom stereocenters. The maximum atomic E-state index is 12.3. The number of aromatic nitrogens is 2. The number of nitrogens with two attached hydrogens (primary N) is 1. The number of aromatic hydroxyl groups is 1. The molecule has 26 heavy (non-hydrogen) atoms. The van der Waals surface area contributed by atoms with Gasteiger partial charge in [-0.25, -0.2) is 9.36 Å². The Hall–Kier alpha value is -3.32. The standard InChI is InChI=1S/C18H15ClN4O3/c1-10(21-14-5-3-2-4-13(14)20)15-16(24)22-18(26)23(17(15)25)12-8-6-11(19)7-9-12/h2-9,25H,20H2,1H3,(H,22,24,26). The number of hydrogen-bond acceptors (Lipinski definition) is 5. The van der Waals surface area contributed by atoms with Crippen molar-refractivity contribution < 1.29 is 5.11 Å². The summed E-state index contributed by atoms with van der Waals surface area (Å²) in [5.74, 6) is -0.517. The van der Waals surface area contributed by atoms with Crippen LogP contribution in [-0.4, -0.2) is 20.4 Å². The first-order valence-corrected chi connectivity index (χ1v) is 8.00. The van der Waals surface area contributed by atoms with Crippen LogP contribution in [0.25, 0.3) is 5.69 Å². The van der Waals surface area contributed by atoms with Gasteiger partial charge >= 0.3 is 5.69 Å². The van der Waals surface area contributed by atoms with Crippen LogP contribution in [-0.2, 0) is 0 Å². The molecule has 0 saturated carbocycles. The third-order valence-electron chi connectivity index (χ3n) is 3.76. The van der Waals surface area contributed by atoms with Crippen LogP contribution in [0, 0.1) is 0 Å². The maximum absolute atomic E-state index is 12.3. The van der Waals surface area contributed by atoms with Gasteiger partial charge in [0.05, 0.1) is 22.8 Å². The minimum atomic E-state index is -0.773. The van der Waals surface area contributed by atoms with E-state index >= 15 is 0 Å². The number of aromatic amines is 1. The Morgan fingerprint density at radius 1 is 1.15 bits per heavy atom. The fourth-order valence-corrected chi connectivity index (χ4v) is 2.63. The van der Waals surface area contributed by atoms with E-state index in [4.69, 9.17) is 17.3 Å². The molecule has 132 valence electrons. The zero-order valence-electron chi connectivity index (χ0n) is 13.7. The molecule has 0 spiro atoms. The van der Waals surface area contributed by atoms with Crippen molar-refractivity contribution in [2.45, 2.75) is 6.92 Å². The number of hydrogen-bond donors (Lipinski definition) is 3. The molecule has 0 radical (unpaired) electrons. The summed E-state index contributed by atoms with van der Waals surface area (Å²) in [6.07, 6.45) is 0. The molecule has 8 heteroatoms. The van der Waals surface area contributed by atoms with Crippen LogP contribution in [0.15, 0.2) is 63.1 Å². The van der Waals surface area contributed by atoms with Gasteiger partial charge in [0.25, 0.3) is 5.56 Å². The minimum Gasteiger partial charge on any atom is -0.493 e. The predicted octanol–water partition coefficient (Wildman–Crippen LogP) is 2.61. The van der Waals surface area contributed by atoms with Crippen molar-refractivity contribution in [1.29, 1.82) is 0 Å². The number of nitrogen functional groups attached to an aromatic ring is 1. The largest absolute Gasteiger partial charge is 0.493 e. The third kappa shape index (κ3) is 3.25. The monoisotopic (exact) mass is 370 g/mol. The molecule has 0 amide bonds. The van der Waals surface area contributed by atoms with E-state index in [0.717, 1.165) is 4.57 Å². The fraction of sp³-hybridized carbons (Fsp3) is 0.0556. The Balaban J connectivity index is 2.21. The lowest BCUT2D eigenvalue weighted by Gasteiger charge is -2.11. The molecule has 0 fully saturated rings. The molecule has 0 aliphatic carbocycles. The summed E-state index contributed by atoms with van der Waals surface area (Å²) in [5.41, 5.74) is 5.66. The summed E-state index contributed by atoms with van der Waals surface area (Å²) in [5, 5.41) is 11.1. The molecular weight excluding hydrogens is 356 g/mol. The number of aliphatic imine (C=N–C) groups is 1. The number of rotatable bonds is 3. The number of benzene rings is 2.